The van der Waals surface area contributed by atoms with Gasteiger partial charge in [0.1, 0.15) is 5.54 Å². The van der Waals surface area contributed by atoms with Gasteiger partial charge in [0, 0.05) is 10.2 Å². The smallest absolute Gasteiger partial charge is 0.159 e. The van der Waals surface area contributed by atoms with Gasteiger partial charge in [0.15, 0.2) is 11.6 Å². The predicted molar refractivity (Wildman–Crippen MR) is 82.1 cm³/mol. The minimum atomic E-state index is -1.21. The molecular weight excluding hydrogens is 362 g/mol. The lowest BCUT2D eigenvalue weighted by Gasteiger charge is -2.25. The molecule has 0 saturated heterocycles. The fourth-order valence-electron chi connectivity index (χ4n) is 1.83. The summed E-state index contributed by atoms with van der Waals surface area (Å²) in [5, 5.41) is 12.9. The van der Waals surface area contributed by atoms with Gasteiger partial charge in [0.05, 0.1) is 11.1 Å². The van der Waals surface area contributed by atoms with E-state index < -0.39 is 17.2 Å². The molecule has 2 rings (SSSR count). The predicted octanol–water partition coefficient (Wildman–Crippen LogP) is 5.23. The van der Waals surface area contributed by atoms with Crippen molar-refractivity contribution in [2.75, 3.05) is 5.32 Å². The molecule has 2 nitrogen and oxygen atoms in total. The largest absolute Gasteiger partial charge is 0.364 e. The number of halogens is 4. The molecule has 1 N–H and O–H groups in total. The van der Waals surface area contributed by atoms with Gasteiger partial charge in [-0.25, -0.2) is 8.78 Å². The van der Waals surface area contributed by atoms with Crippen LogP contribution in [0.2, 0.25) is 5.02 Å². The first kappa shape index (κ1) is 15.7. The zero-order valence-electron chi connectivity index (χ0n) is 10.9. The van der Waals surface area contributed by atoms with Crippen LogP contribution in [0, 0.1) is 23.0 Å². The third-order valence-electron chi connectivity index (χ3n) is 3.03. The van der Waals surface area contributed by atoms with Crippen LogP contribution in [0.4, 0.5) is 14.5 Å². The number of nitrogens with zero attached hydrogens (tertiary/aromatic N) is 1. The normalized spacial score (nSPS) is 13.3. The van der Waals surface area contributed by atoms with Crippen molar-refractivity contribution >= 4 is 33.2 Å². The molecule has 0 heterocycles. The van der Waals surface area contributed by atoms with Crippen molar-refractivity contribution in [2.24, 2.45) is 0 Å². The van der Waals surface area contributed by atoms with E-state index in [-0.39, 0.29) is 0 Å². The van der Waals surface area contributed by atoms with Crippen molar-refractivity contribution < 1.29 is 8.78 Å². The van der Waals surface area contributed by atoms with E-state index in [4.69, 9.17) is 11.6 Å². The van der Waals surface area contributed by atoms with Crippen molar-refractivity contribution in [3.05, 3.63) is 63.1 Å². The fourth-order valence-corrected chi connectivity index (χ4v) is 2.33. The van der Waals surface area contributed by atoms with Crippen LogP contribution in [0.15, 0.2) is 40.9 Å². The third-order valence-corrected chi connectivity index (χ3v) is 4.25. The van der Waals surface area contributed by atoms with Gasteiger partial charge in [-0.2, -0.15) is 5.26 Å². The molecule has 0 spiro atoms. The van der Waals surface area contributed by atoms with E-state index in [1.54, 1.807) is 25.1 Å². The molecular formula is C15H10BrClF2N2. The highest BCUT2D eigenvalue weighted by molar-refractivity contribution is 9.10. The first-order valence-corrected chi connectivity index (χ1v) is 7.13. The molecule has 0 fully saturated rings. The van der Waals surface area contributed by atoms with Crippen LogP contribution in [-0.4, -0.2) is 0 Å². The lowest BCUT2D eigenvalue weighted by molar-refractivity contribution is 0.504. The Morgan fingerprint density at radius 2 is 1.90 bits per heavy atom. The monoisotopic (exact) mass is 370 g/mol. The van der Waals surface area contributed by atoms with Gasteiger partial charge in [-0.15, -0.1) is 0 Å². The molecule has 0 bridgehead atoms. The first-order chi connectivity index (χ1) is 9.85. The summed E-state index contributed by atoms with van der Waals surface area (Å²) in [4.78, 5) is 0. The van der Waals surface area contributed by atoms with Gasteiger partial charge >= 0.3 is 0 Å². The summed E-state index contributed by atoms with van der Waals surface area (Å²) in [7, 11) is 0. The Morgan fingerprint density at radius 3 is 2.48 bits per heavy atom. The van der Waals surface area contributed by atoms with Crippen LogP contribution in [0.25, 0.3) is 0 Å². The number of nitriles is 1. The summed E-state index contributed by atoms with van der Waals surface area (Å²) in [6.07, 6.45) is 0. The molecule has 108 valence electrons. The second-order valence-electron chi connectivity index (χ2n) is 4.62. The maximum atomic E-state index is 13.4. The lowest BCUT2D eigenvalue weighted by atomic mass is 9.93. The Balaban J connectivity index is 2.39. The second-order valence-corrected chi connectivity index (χ2v) is 5.88. The SMILES string of the molecule is CC(C#N)(Nc1ccc(Cl)c(Br)c1)c1ccc(F)c(F)c1. The molecule has 2 aromatic carbocycles. The average Bonchev–Trinajstić information content (AvgIpc) is 2.45. The molecule has 0 saturated carbocycles. The number of hydrogen-bond donors (Lipinski definition) is 1. The van der Waals surface area contributed by atoms with E-state index in [9.17, 15) is 14.0 Å². The number of hydrogen-bond acceptors (Lipinski definition) is 2. The van der Waals surface area contributed by atoms with Crippen LogP contribution >= 0.6 is 27.5 Å². The van der Waals surface area contributed by atoms with E-state index in [2.05, 4.69) is 27.3 Å². The van der Waals surface area contributed by atoms with Gasteiger partial charge in [-0.3, -0.25) is 0 Å². The van der Waals surface area contributed by atoms with E-state index >= 15 is 0 Å². The molecule has 0 aliphatic carbocycles. The van der Waals surface area contributed by atoms with Crippen molar-refractivity contribution in [1.29, 1.82) is 5.26 Å². The topological polar surface area (TPSA) is 35.8 Å². The number of anilines is 1. The third kappa shape index (κ3) is 3.34. The minimum absolute atomic E-state index is 0.329. The molecule has 1 unspecified atom stereocenters. The van der Waals surface area contributed by atoms with E-state index in [1.807, 2.05) is 0 Å². The highest BCUT2D eigenvalue weighted by Gasteiger charge is 2.27. The molecule has 21 heavy (non-hydrogen) atoms. The quantitative estimate of drug-likeness (QED) is 0.802. The Bertz CT molecular complexity index is 730. The molecule has 0 aliphatic heterocycles. The summed E-state index contributed by atoms with van der Waals surface area (Å²) in [5.41, 5.74) is -0.253. The summed E-state index contributed by atoms with van der Waals surface area (Å²) in [6, 6.07) is 10.5. The van der Waals surface area contributed by atoms with E-state index in [1.165, 1.54) is 6.07 Å². The van der Waals surface area contributed by atoms with Crippen LogP contribution < -0.4 is 5.32 Å². The van der Waals surface area contributed by atoms with E-state index in [0.717, 1.165) is 12.1 Å². The standard InChI is InChI=1S/C15H10BrClF2N2/c1-15(8-20,9-2-5-13(18)14(19)6-9)21-10-3-4-12(17)11(16)7-10/h2-7,21H,1H3. The van der Waals surface area contributed by atoms with Crippen molar-refractivity contribution in [3.8, 4) is 6.07 Å². The second kappa shape index (κ2) is 6.00. The summed E-state index contributed by atoms with van der Waals surface area (Å²) in [5.74, 6) is -1.94. The van der Waals surface area contributed by atoms with Crippen LogP contribution in [0.3, 0.4) is 0 Å². The van der Waals surface area contributed by atoms with Crippen LogP contribution in [0.5, 0.6) is 0 Å². The summed E-state index contributed by atoms with van der Waals surface area (Å²) >= 11 is 9.20. The lowest BCUT2D eigenvalue weighted by Crippen LogP contribution is -2.30. The molecule has 6 heteroatoms. The average molecular weight is 372 g/mol. The van der Waals surface area contributed by atoms with Crippen LogP contribution in [-0.2, 0) is 5.54 Å². The molecule has 2 aromatic rings. The zero-order valence-corrected chi connectivity index (χ0v) is 13.3. The highest BCUT2D eigenvalue weighted by atomic mass is 79.9. The maximum Gasteiger partial charge on any atom is 0.159 e. The molecule has 0 amide bonds. The van der Waals surface area contributed by atoms with Crippen molar-refractivity contribution in [3.63, 3.8) is 0 Å². The molecule has 0 aliphatic rings. The van der Waals surface area contributed by atoms with Crippen LogP contribution in [0.1, 0.15) is 12.5 Å². The van der Waals surface area contributed by atoms with Gasteiger partial charge in [0.2, 0.25) is 0 Å². The van der Waals surface area contributed by atoms with E-state index in [0.29, 0.717) is 20.7 Å². The van der Waals surface area contributed by atoms with Crippen molar-refractivity contribution in [2.45, 2.75) is 12.5 Å². The minimum Gasteiger partial charge on any atom is -0.364 e. The zero-order chi connectivity index (χ0) is 15.6. The summed E-state index contributed by atoms with van der Waals surface area (Å²) < 4.78 is 27.0. The Morgan fingerprint density at radius 1 is 1.19 bits per heavy atom. The molecule has 1 atom stereocenters. The molecule has 0 radical (unpaired) electrons. The first-order valence-electron chi connectivity index (χ1n) is 5.96. The van der Waals surface area contributed by atoms with Crippen molar-refractivity contribution in [1.82, 2.24) is 0 Å². The summed E-state index contributed by atoms with van der Waals surface area (Å²) in [6.45, 7) is 1.59. The van der Waals surface area contributed by atoms with Gasteiger partial charge < -0.3 is 5.32 Å². The number of rotatable bonds is 3. The maximum absolute atomic E-state index is 13.4. The Hall–Kier alpha value is -1.64. The van der Waals surface area contributed by atoms with Gasteiger partial charge in [0.25, 0.3) is 0 Å². The highest BCUT2D eigenvalue weighted by Crippen LogP contribution is 2.30. The van der Waals surface area contributed by atoms with Gasteiger partial charge in [-0.05, 0) is 58.7 Å². The number of nitrogens with one attached hydrogen (secondary N) is 1. The Kier molecular flexibility index (Phi) is 4.50. The number of benzene rings is 2. The van der Waals surface area contributed by atoms with Gasteiger partial charge in [-0.1, -0.05) is 17.7 Å². The molecule has 0 aromatic heterocycles. The Labute approximate surface area is 134 Å². The fraction of sp³-hybridized carbons (Fsp3) is 0.133.